The van der Waals surface area contributed by atoms with Gasteiger partial charge >= 0.3 is 0 Å². The predicted octanol–water partition coefficient (Wildman–Crippen LogP) is 0.928. The largest absolute Gasteiger partial charge is 0.308 e. The van der Waals surface area contributed by atoms with Crippen molar-refractivity contribution in [1.82, 2.24) is 19.7 Å². The summed E-state index contributed by atoms with van der Waals surface area (Å²) < 4.78 is 1.48. The van der Waals surface area contributed by atoms with Crippen molar-refractivity contribution in [3.63, 3.8) is 0 Å². The van der Waals surface area contributed by atoms with Gasteiger partial charge in [-0.15, -0.1) is 11.3 Å². The van der Waals surface area contributed by atoms with Crippen LogP contribution in [0.4, 0.5) is 0 Å². The molecule has 17 heavy (non-hydrogen) atoms. The molecule has 2 heterocycles. The van der Waals surface area contributed by atoms with Gasteiger partial charge in [-0.3, -0.25) is 4.79 Å². The molecule has 0 aliphatic carbocycles. The summed E-state index contributed by atoms with van der Waals surface area (Å²) >= 11 is 1.52. The molecule has 0 fully saturated rings. The first-order chi connectivity index (χ1) is 8.16. The van der Waals surface area contributed by atoms with Gasteiger partial charge in [-0.1, -0.05) is 0 Å². The maximum Gasteiger partial charge on any atom is 0.266 e. The molecule has 0 saturated heterocycles. The van der Waals surface area contributed by atoms with Crippen LogP contribution < -0.4 is 5.56 Å². The van der Waals surface area contributed by atoms with Crippen LogP contribution in [0.2, 0.25) is 0 Å². The molecule has 0 bridgehead atoms. The zero-order valence-corrected chi connectivity index (χ0v) is 10.6. The van der Waals surface area contributed by atoms with Crippen molar-refractivity contribution < 1.29 is 0 Å². The lowest BCUT2D eigenvalue weighted by atomic mass is 10.3. The summed E-state index contributed by atoms with van der Waals surface area (Å²) in [5.41, 5.74) is 3.23. The van der Waals surface area contributed by atoms with Crippen LogP contribution in [-0.4, -0.2) is 40.3 Å². The molecule has 0 amide bonds. The maximum absolute atomic E-state index is 11.6. The van der Waals surface area contributed by atoms with Crippen LogP contribution in [0.3, 0.4) is 0 Å². The fraction of sp³-hybridized carbons (Fsp3) is 0.364. The van der Waals surface area contributed by atoms with E-state index in [2.05, 4.69) is 10.1 Å². The van der Waals surface area contributed by atoms with E-state index >= 15 is 0 Å². The quantitative estimate of drug-likeness (QED) is 0.810. The van der Waals surface area contributed by atoms with E-state index in [0.717, 1.165) is 17.9 Å². The van der Waals surface area contributed by atoms with Crippen molar-refractivity contribution in [3.8, 4) is 11.4 Å². The molecule has 2 aromatic heterocycles. The molecule has 0 atom stereocenters. The predicted molar refractivity (Wildman–Crippen MR) is 68.2 cm³/mol. The van der Waals surface area contributed by atoms with Gasteiger partial charge in [-0.25, -0.2) is 9.67 Å². The van der Waals surface area contributed by atoms with Crippen LogP contribution in [0.1, 0.15) is 0 Å². The Morgan fingerprint density at radius 3 is 2.82 bits per heavy atom. The molecule has 2 aromatic rings. The van der Waals surface area contributed by atoms with Gasteiger partial charge in [0.2, 0.25) is 0 Å². The third-order valence-electron chi connectivity index (χ3n) is 2.32. The van der Waals surface area contributed by atoms with Gasteiger partial charge < -0.3 is 4.90 Å². The summed E-state index contributed by atoms with van der Waals surface area (Å²) in [6, 6.07) is 3.25. The molecule has 0 unspecified atom stereocenters. The minimum atomic E-state index is -0.0779. The summed E-state index contributed by atoms with van der Waals surface area (Å²) in [5, 5.41) is 6.23. The van der Waals surface area contributed by atoms with Crippen LogP contribution in [0.25, 0.3) is 11.4 Å². The summed E-state index contributed by atoms with van der Waals surface area (Å²) in [6.45, 7) is 1.37. The average molecular weight is 250 g/mol. The SMILES string of the molecule is CN(C)CCn1nc(-c2cscn2)ccc1=O. The molecule has 0 N–H and O–H groups in total. The molecule has 6 heteroatoms. The Balaban J connectivity index is 2.27. The molecule has 0 spiro atoms. The van der Waals surface area contributed by atoms with Gasteiger partial charge in [0.1, 0.15) is 11.4 Å². The third kappa shape index (κ3) is 2.98. The van der Waals surface area contributed by atoms with E-state index in [4.69, 9.17) is 0 Å². The molecule has 0 aromatic carbocycles. The fourth-order valence-corrected chi connectivity index (χ4v) is 1.93. The van der Waals surface area contributed by atoms with Crippen molar-refractivity contribution in [2.24, 2.45) is 0 Å². The number of likely N-dealkylation sites (N-methyl/N-ethyl adjacent to an activating group) is 1. The molecule has 0 saturated carbocycles. The van der Waals surface area contributed by atoms with E-state index in [0.29, 0.717) is 6.54 Å². The van der Waals surface area contributed by atoms with E-state index in [1.54, 1.807) is 11.6 Å². The van der Waals surface area contributed by atoms with Crippen LogP contribution in [0, 0.1) is 0 Å². The summed E-state index contributed by atoms with van der Waals surface area (Å²) in [7, 11) is 3.94. The number of aromatic nitrogens is 3. The third-order valence-corrected chi connectivity index (χ3v) is 2.91. The zero-order valence-electron chi connectivity index (χ0n) is 9.83. The first-order valence-corrected chi connectivity index (χ1v) is 6.22. The zero-order chi connectivity index (χ0) is 12.3. The minimum Gasteiger partial charge on any atom is -0.308 e. The highest BCUT2D eigenvalue weighted by molar-refractivity contribution is 7.07. The lowest BCUT2D eigenvalue weighted by Gasteiger charge is -2.10. The van der Waals surface area contributed by atoms with Crippen molar-refractivity contribution in [2.75, 3.05) is 20.6 Å². The Morgan fingerprint density at radius 2 is 2.18 bits per heavy atom. The van der Waals surface area contributed by atoms with E-state index in [1.807, 2.05) is 24.4 Å². The highest BCUT2D eigenvalue weighted by atomic mass is 32.1. The monoisotopic (exact) mass is 250 g/mol. The summed E-state index contributed by atoms with van der Waals surface area (Å²) in [4.78, 5) is 17.8. The second kappa shape index (κ2) is 5.20. The van der Waals surface area contributed by atoms with Crippen LogP contribution in [-0.2, 0) is 6.54 Å². The molecule has 0 radical (unpaired) electrons. The van der Waals surface area contributed by atoms with Crippen molar-refractivity contribution >= 4 is 11.3 Å². The van der Waals surface area contributed by atoms with E-state index in [9.17, 15) is 4.79 Å². The Labute approximate surface area is 103 Å². The number of hydrogen-bond acceptors (Lipinski definition) is 5. The van der Waals surface area contributed by atoms with Crippen molar-refractivity contribution in [3.05, 3.63) is 33.4 Å². The van der Waals surface area contributed by atoms with Gasteiger partial charge in [-0.2, -0.15) is 5.10 Å². The molecule has 0 aliphatic heterocycles. The van der Waals surface area contributed by atoms with E-state index in [-0.39, 0.29) is 5.56 Å². The lowest BCUT2D eigenvalue weighted by molar-refractivity contribution is 0.368. The molecular weight excluding hydrogens is 236 g/mol. The Morgan fingerprint density at radius 1 is 1.35 bits per heavy atom. The van der Waals surface area contributed by atoms with Crippen LogP contribution >= 0.6 is 11.3 Å². The molecule has 90 valence electrons. The Kier molecular flexibility index (Phi) is 3.65. The maximum atomic E-state index is 11.6. The number of rotatable bonds is 4. The van der Waals surface area contributed by atoms with E-state index in [1.165, 1.54) is 22.1 Å². The fourth-order valence-electron chi connectivity index (χ4n) is 1.38. The second-order valence-electron chi connectivity index (χ2n) is 3.96. The molecule has 0 aliphatic rings. The second-order valence-corrected chi connectivity index (χ2v) is 4.68. The van der Waals surface area contributed by atoms with Crippen molar-refractivity contribution in [2.45, 2.75) is 6.54 Å². The standard InChI is InChI=1S/C11H14N4OS/c1-14(2)5-6-15-11(16)4-3-9(13-15)10-7-17-8-12-10/h3-4,7-8H,5-6H2,1-2H3. The van der Waals surface area contributed by atoms with Crippen molar-refractivity contribution in [1.29, 1.82) is 0 Å². The van der Waals surface area contributed by atoms with Crippen LogP contribution in [0.5, 0.6) is 0 Å². The Bertz CT molecular complexity index is 533. The minimum absolute atomic E-state index is 0.0779. The average Bonchev–Trinajstić information content (AvgIpc) is 2.81. The van der Waals surface area contributed by atoms with Crippen LogP contribution in [0.15, 0.2) is 27.8 Å². The Hall–Kier alpha value is -1.53. The topological polar surface area (TPSA) is 51.0 Å². The lowest BCUT2D eigenvalue weighted by Crippen LogP contribution is -2.28. The first-order valence-electron chi connectivity index (χ1n) is 5.28. The van der Waals surface area contributed by atoms with Gasteiger partial charge in [0.15, 0.2) is 0 Å². The summed E-state index contributed by atoms with van der Waals surface area (Å²) in [6.07, 6.45) is 0. The number of thiazole rings is 1. The molecule has 5 nitrogen and oxygen atoms in total. The highest BCUT2D eigenvalue weighted by Crippen LogP contribution is 2.14. The molecule has 2 rings (SSSR count). The first kappa shape index (κ1) is 11.9. The van der Waals surface area contributed by atoms with Gasteiger partial charge in [-0.05, 0) is 20.2 Å². The van der Waals surface area contributed by atoms with Gasteiger partial charge in [0.25, 0.3) is 5.56 Å². The van der Waals surface area contributed by atoms with Gasteiger partial charge in [0.05, 0.1) is 12.1 Å². The number of nitrogens with zero attached hydrogens (tertiary/aromatic N) is 4. The van der Waals surface area contributed by atoms with E-state index < -0.39 is 0 Å². The normalized spacial score (nSPS) is 11.0. The number of hydrogen-bond donors (Lipinski definition) is 0. The smallest absolute Gasteiger partial charge is 0.266 e. The summed E-state index contributed by atoms with van der Waals surface area (Å²) in [5.74, 6) is 0. The molecular formula is C11H14N4OS. The highest BCUT2D eigenvalue weighted by Gasteiger charge is 2.05. The van der Waals surface area contributed by atoms with Gasteiger partial charge in [0, 0.05) is 18.0 Å².